The number of carbonyl (C=O) groups excluding carboxylic acids is 2. The van der Waals surface area contributed by atoms with Crippen LogP contribution in [0.3, 0.4) is 0 Å². The van der Waals surface area contributed by atoms with E-state index in [-0.39, 0.29) is 5.91 Å². The first-order valence-electron chi connectivity index (χ1n) is 7.93. The molecule has 0 atom stereocenters. The fourth-order valence-corrected chi connectivity index (χ4v) is 2.84. The highest BCUT2D eigenvalue weighted by Crippen LogP contribution is 2.35. The lowest BCUT2D eigenvalue weighted by atomic mass is 10.1. The molecular weight excluding hydrogens is 322 g/mol. The number of fused-ring (bicyclic) bond motifs is 1. The summed E-state index contributed by atoms with van der Waals surface area (Å²) in [4.78, 5) is 26.3. The van der Waals surface area contributed by atoms with Crippen LogP contribution in [0.4, 0.5) is 5.69 Å². The minimum absolute atomic E-state index is 0.159. The Morgan fingerprint density at radius 2 is 1.84 bits per heavy atom. The summed E-state index contributed by atoms with van der Waals surface area (Å²) in [5.41, 5.74) is 2.47. The molecule has 0 unspecified atom stereocenters. The highest BCUT2D eigenvalue weighted by Gasteiger charge is 2.30. The van der Waals surface area contributed by atoms with Gasteiger partial charge in [0.25, 0.3) is 5.91 Å². The largest absolute Gasteiger partial charge is 0.493 e. The van der Waals surface area contributed by atoms with Crippen molar-refractivity contribution in [1.29, 1.82) is 0 Å². The lowest BCUT2D eigenvalue weighted by Gasteiger charge is -2.17. The zero-order chi connectivity index (χ0) is 18.0. The van der Waals surface area contributed by atoms with E-state index >= 15 is 0 Å². The van der Waals surface area contributed by atoms with Crippen molar-refractivity contribution in [2.24, 2.45) is 0 Å². The summed E-state index contributed by atoms with van der Waals surface area (Å²) in [6.45, 7) is 2.48. The third-order valence-corrected chi connectivity index (χ3v) is 4.10. The van der Waals surface area contributed by atoms with Crippen molar-refractivity contribution >= 4 is 17.6 Å². The number of hydrogen-bond acceptors (Lipinski definition) is 5. The van der Waals surface area contributed by atoms with Gasteiger partial charge in [-0.05, 0) is 36.8 Å². The van der Waals surface area contributed by atoms with Gasteiger partial charge in [-0.3, -0.25) is 4.79 Å². The molecule has 0 saturated carbocycles. The van der Waals surface area contributed by atoms with Crippen molar-refractivity contribution in [1.82, 2.24) is 0 Å². The van der Waals surface area contributed by atoms with Crippen molar-refractivity contribution in [2.75, 3.05) is 25.7 Å². The fourth-order valence-electron chi connectivity index (χ4n) is 2.84. The van der Waals surface area contributed by atoms with E-state index in [1.165, 1.54) is 0 Å². The number of esters is 1. The van der Waals surface area contributed by atoms with Crippen molar-refractivity contribution in [2.45, 2.75) is 13.5 Å². The first-order chi connectivity index (χ1) is 12.1. The first kappa shape index (κ1) is 16.8. The number of rotatable bonds is 5. The van der Waals surface area contributed by atoms with E-state index in [1.807, 2.05) is 0 Å². The van der Waals surface area contributed by atoms with Gasteiger partial charge in [0.15, 0.2) is 11.5 Å². The SMILES string of the molecule is CCOC(=O)c1ccc2c(c1)C(=O)N(c1ccc(OC)c(OC)c1)C2. The fraction of sp³-hybridized carbons (Fsp3) is 0.263. The van der Waals surface area contributed by atoms with Crippen LogP contribution in [0.5, 0.6) is 11.5 Å². The van der Waals surface area contributed by atoms with Crippen LogP contribution in [-0.2, 0) is 11.3 Å². The van der Waals surface area contributed by atoms with Crippen LogP contribution in [0.2, 0.25) is 0 Å². The molecule has 0 bridgehead atoms. The number of hydrogen-bond donors (Lipinski definition) is 0. The minimum atomic E-state index is -0.428. The molecule has 3 rings (SSSR count). The molecule has 0 spiro atoms. The predicted octanol–water partition coefficient (Wildman–Crippen LogP) is 3.04. The van der Waals surface area contributed by atoms with Gasteiger partial charge < -0.3 is 19.1 Å². The zero-order valence-electron chi connectivity index (χ0n) is 14.4. The second-order valence-corrected chi connectivity index (χ2v) is 5.52. The summed E-state index contributed by atoms with van der Waals surface area (Å²) < 4.78 is 15.5. The zero-order valence-corrected chi connectivity index (χ0v) is 14.4. The van der Waals surface area contributed by atoms with Gasteiger partial charge in [-0.1, -0.05) is 6.07 Å². The second kappa shape index (κ2) is 6.84. The molecule has 25 heavy (non-hydrogen) atoms. The molecule has 1 aliphatic heterocycles. The number of anilines is 1. The lowest BCUT2D eigenvalue weighted by Crippen LogP contribution is -2.23. The maximum atomic E-state index is 12.8. The molecule has 0 radical (unpaired) electrons. The van der Waals surface area contributed by atoms with Crippen molar-refractivity contribution in [3.8, 4) is 11.5 Å². The molecule has 0 saturated heterocycles. The number of amides is 1. The molecule has 0 N–H and O–H groups in total. The predicted molar refractivity (Wildman–Crippen MR) is 92.5 cm³/mol. The third kappa shape index (κ3) is 3.03. The van der Waals surface area contributed by atoms with E-state index < -0.39 is 5.97 Å². The molecule has 1 amide bonds. The topological polar surface area (TPSA) is 65.1 Å². The molecule has 1 aliphatic rings. The van der Waals surface area contributed by atoms with Crippen LogP contribution in [0.1, 0.15) is 33.2 Å². The van der Waals surface area contributed by atoms with Crippen LogP contribution >= 0.6 is 0 Å². The molecule has 0 aromatic heterocycles. The maximum Gasteiger partial charge on any atom is 0.338 e. The quantitative estimate of drug-likeness (QED) is 0.782. The standard InChI is InChI=1S/C19H19NO5/c1-4-25-19(22)12-5-6-13-11-20(18(21)15(13)9-12)14-7-8-16(23-2)17(10-14)24-3/h5-10H,4,11H2,1-3H3. The summed E-state index contributed by atoms with van der Waals surface area (Å²) in [6.07, 6.45) is 0. The van der Waals surface area contributed by atoms with Crippen molar-refractivity contribution in [3.63, 3.8) is 0 Å². The van der Waals surface area contributed by atoms with Gasteiger partial charge in [-0.25, -0.2) is 4.79 Å². The number of ether oxygens (including phenoxy) is 3. The monoisotopic (exact) mass is 341 g/mol. The summed E-state index contributed by atoms with van der Waals surface area (Å²) in [5.74, 6) is 0.562. The molecule has 0 fully saturated rings. The van der Waals surface area contributed by atoms with E-state index in [1.54, 1.807) is 62.4 Å². The number of methoxy groups -OCH3 is 2. The van der Waals surface area contributed by atoms with E-state index in [2.05, 4.69) is 0 Å². The third-order valence-electron chi connectivity index (χ3n) is 4.10. The Labute approximate surface area is 145 Å². The average molecular weight is 341 g/mol. The van der Waals surface area contributed by atoms with Gasteiger partial charge >= 0.3 is 5.97 Å². The van der Waals surface area contributed by atoms with Gasteiger partial charge in [0.05, 0.1) is 32.9 Å². The van der Waals surface area contributed by atoms with Gasteiger partial charge in [0.2, 0.25) is 0 Å². The van der Waals surface area contributed by atoms with Gasteiger partial charge in [0, 0.05) is 17.3 Å². The summed E-state index contributed by atoms with van der Waals surface area (Å²) in [6, 6.07) is 10.4. The normalized spacial score (nSPS) is 12.8. The first-order valence-corrected chi connectivity index (χ1v) is 7.93. The van der Waals surface area contributed by atoms with Gasteiger partial charge in [-0.2, -0.15) is 0 Å². The summed E-state index contributed by atoms with van der Waals surface area (Å²) in [5, 5.41) is 0. The molecular formula is C19H19NO5. The number of benzene rings is 2. The van der Waals surface area contributed by atoms with Crippen LogP contribution in [0, 0.1) is 0 Å². The second-order valence-electron chi connectivity index (χ2n) is 5.52. The van der Waals surface area contributed by atoms with E-state index in [4.69, 9.17) is 14.2 Å². The van der Waals surface area contributed by atoms with Crippen molar-refractivity contribution < 1.29 is 23.8 Å². The van der Waals surface area contributed by atoms with Gasteiger partial charge in [0.1, 0.15) is 0 Å². The Morgan fingerprint density at radius 1 is 1.08 bits per heavy atom. The Hall–Kier alpha value is -3.02. The average Bonchev–Trinajstić information content (AvgIpc) is 2.97. The molecule has 6 heteroatoms. The van der Waals surface area contributed by atoms with Crippen LogP contribution in [-0.4, -0.2) is 32.7 Å². The summed E-state index contributed by atoms with van der Waals surface area (Å²) >= 11 is 0. The number of nitrogens with zero attached hydrogens (tertiary/aromatic N) is 1. The minimum Gasteiger partial charge on any atom is -0.493 e. The van der Waals surface area contributed by atoms with E-state index in [0.717, 1.165) is 5.56 Å². The number of carbonyl (C=O) groups is 2. The van der Waals surface area contributed by atoms with E-state index in [0.29, 0.717) is 41.5 Å². The maximum absolute atomic E-state index is 12.8. The van der Waals surface area contributed by atoms with Gasteiger partial charge in [-0.15, -0.1) is 0 Å². The lowest BCUT2D eigenvalue weighted by molar-refractivity contribution is 0.0526. The van der Waals surface area contributed by atoms with Crippen LogP contribution in [0.15, 0.2) is 36.4 Å². The molecule has 6 nitrogen and oxygen atoms in total. The summed E-state index contributed by atoms with van der Waals surface area (Å²) in [7, 11) is 3.11. The van der Waals surface area contributed by atoms with Crippen LogP contribution in [0.25, 0.3) is 0 Å². The Balaban J connectivity index is 1.91. The molecule has 130 valence electrons. The van der Waals surface area contributed by atoms with E-state index in [9.17, 15) is 9.59 Å². The highest BCUT2D eigenvalue weighted by atomic mass is 16.5. The Morgan fingerprint density at radius 3 is 2.52 bits per heavy atom. The smallest absolute Gasteiger partial charge is 0.338 e. The Kier molecular flexibility index (Phi) is 4.61. The van der Waals surface area contributed by atoms with Crippen LogP contribution < -0.4 is 14.4 Å². The Bertz CT molecular complexity index is 831. The van der Waals surface area contributed by atoms with Crippen molar-refractivity contribution in [3.05, 3.63) is 53.1 Å². The highest BCUT2D eigenvalue weighted by molar-refractivity contribution is 6.11. The molecule has 2 aromatic rings. The molecule has 2 aromatic carbocycles. The molecule has 0 aliphatic carbocycles. The molecule has 1 heterocycles.